The normalized spacial score (nSPS) is 11.7. The largest absolute Gasteiger partial charge is 0.351 e. The first-order valence-electron chi connectivity index (χ1n) is 5.98. The van der Waals surface area contributed by atoms with E-state index in [2.05, 4.69) is 48.9 Å². The SMILES string of the molecule is CC(C)C(C)(C)CNC(=O)c1c(F)cccc1Br. The number of amides is 1. The highest BCUT2D eigenvalue weighted by Crippen LogP contribution is 2.25. The van der Waals surface area contributed by atoms with Gasteiger partial charge in [-0.25, -0.2) is 4.39 Å². The second kappa shape index (κ2) is 5.83. The second-order valence-electron chi connectivity index (χ2n) is 5.42. The zero-order valence-electron chi connectivity index (χ0n) is 11.2. The first-order chi connectivity index (χ1) is 8.25. The summed E-state index contributed by atoms with van der Waals surface area (Å²) >= 11 is 3.20. The molecule has 18 heavy (non-hydrogen) atoms. The lowest BCUT2D eigenvalue weighted by molar-refractivity contribution is 0.0920. The Labute approximate surface area is 116 Å². The van der Waals surface area contributed by atoms with E-state index in [1.807, 2.05) is 0 Å². The molecule has 0 aliphatic carbocycles. The number of benzene rings is 1. The minimum Gasteiger partial charge on any atom is -0.351 e. The fourth-order valence-corrected chi connectivity index (χ4v) is 1.84. The number of carbonyl (C=O) groups excluding carboxylic acids is 1. The Hall–Kier alpha value is -0.900. The Morgan fingerprint density at radius 3 is 2.56 bits per heavy atom. The summed E-state index contributed by atoms with van der Waals surface area (Å²) in [5.41, 5.74) is 0.0463. The zero-order valence-corrected chi connectivity index (χ0v) is 12.8. The molecule has 1 amide bonds. The first kappa shape index (κ1) is 15.2. The number of hydrogen-bond acceptors (Lipinski definition) is 1. The van der Waals surface area contributed by atoms with Crippen molar-refractivity contribution in [1.29, 1.82) is 0 Å². The van der Waals surface area contributed by atoms with E-state index in [0.29, 0.717) is 16.9 Å². The number of rotatable bonds is 4. The van der Waals surface area contributed by atoms with Crippen LogP contribution in [0.25, 0.3) is 0 Å². The monoisotopic (exact) mass is 315 g/mol. The Morgan fingerprint density at radius 1 is 1.44 bits per heavy atom. The summed E-state index contributed by atoms with van der Waals surface area (Å²) in [5.74, 6) is -0.459. The summed E-state index contributed by atoms with van der Waals surface area (Å²) in [5, 5.41) is 2.79. The molecule has 0 bridgehead atoms. The molecule has 0 radical (unpaired) electrons. The van der Waals surface area contributed by atoms with E-state index < -0.39 is 5.82 Å². The quantitative estimate of drug-likeness (QED) is 0.894. The molecule has 100 valence electrons. The van der Waals surface area contributed by atoms with Crippen molar-refractivity contribution in [2.45, 2.75) is 27.7 Å². The van der Waals surface area contributed by atoms with Gasteiger partial charge in [0.25, 0.3) is 5.91 Å². The molecule has 1 N–H and O–H groups in total. The van der Waals surface area contributed by atoms with E-state index in [-0.39, 0.29) is 16.9 Å². The van der Waals surface area contributed by atoms with Crippen LogP contribution in [0.4, 0.5) is 4.39 Å². The van der Waals surface area contributed by atoms with Crippen LogP contribution in [0.3, 0.4) is 0 Å². The molecule has 0 fully saturated rings. The number of halogens is 2. The van der Waals surface area contributed by atoms with Crippen molar-refractivity contribution >= 4 is 21.8 Å². The van der Waals surface area contributed by atoms with Gasteiger partial charge in [0.1, 0.15) is 5.82 Å². The van der Waals surface area contributed by atoms with E-state index in [1.165, 1.54) is 6.07 Å². The molecule has 0 spiro atoms. The van der Waals surface area contributed by atoms with Gasteiger partial charge in [-0.05, 0) is 39.4 Å². The van der Waals surface area contributed by atoms with Crippen molar-refractivity contribution < 1.29 is 9.18 Å². The third kappa shape index (κ3) is 3.55. The molecule has 0 aliphatic rings. The van der Waals surface area contributed by atoms with E-state index in [1.54, 1.807) is 12.1 Å². The molecule has 0 heterocycles. The summed E-state index contributed by atoms with van der Waals surface area (Å²) in [6, 6.07) is 4.51. The minimum absolute atomic E-state index is 0.0204. The van der Waals surface area contributed by atoms with E-state index in [9.17, 15) is 9.18 Å². The number of carbonyl (C=O) groups is 1. The Kier molecular flexibility index (Phi) is 4.91. The molecule has 2 nitrogen and oxygen atoms in total. The summed E-state index contributed by atoms with van der Waals surface area (Å²) < 4.78 is 14.1. The average Bonchev–Trinajstić information content (AvgIpc) is 2.26. The van der Waals surface area contributed by atoms with Gasteiger partial charge in [-0.15, -0.1) is 0 Å². The van der Waals surface area contributed by atoms with Gasteiger partial charge in [0.2, 0.25) is 0 Å². The summed E-state index contributed by atoms with van der Waals surface area (Å²) in [4.78, 5) is 12.0. The van der Waals surface area contributed by atoms with Gasteiger partial charge in [-0.3, -0.25) is 4.79 Å². The molecular weight excluding hydrogens is 297 g/mol. The molecule has 1 aromatic carbocycles. The predicted molar refractivity (Wildman–Crippen MR) is 75.1 cm³/mol. The van der Waals surface area contributed by atoms with Gasteiger partial charge in [-0.2, -0.15) is 0 Å². The van der Waals surface area contributed by atoms with E-state index in [0.717, 1.165) is 0 Å². The first-order valence-corrected chi connectivity index (χ1v) is 6.77. The maximum atomic E-state index is 13.6. The van der Waals surface area contributed by atoms with Crippen molar-refractivity contribution in [2.75, 3.05) is 6.54 Å². The van der Waals surface area contributed by atoms with Crippen molar-refractivity contribution in [2.24, 2.45) is 11.3 Å². The Balaban J connectivity index is 2.79. The fourth-order valence-electron chi connectivity index (χ4n) is 1.32. The molecule has 1 aromatic rings. The lowest BCUT2D eigenvalue weighted by Crippen LogP contribution is -2.37. The minimum atomic E-state index is -0.510. The molecule has 0 saturated heterocycles. The van der Waals surface area contributed by atoms with Crippen LogP contribution in [0.2, 0.25) is 0 Å². The second-order valence-corrected chi connectivity index (χ2v) is 6.28. The van der Waals surface area contributed by atoms with Crippen LogP contribution in [-0.2, 0) is 0 Å². The molecular formula is C14H19BrFNO. The molecule has 0 unspecified atom stereocenters. The third-order valence-corrected chi connectivity index (χ3v) is 4.12. The highest BCUT2D eigenvalue weighted by molar-refractivity contribution is 9.10. The van der Waals surface area contributed by atoms with Crippen LogP contribution in [0, 0.1) is 17.2 Å². The van der Waals surface area contributed by atoms with Crippen molar-refractivity contribution in [1.82, 2.24) is 5.32 Å². The summed E-state index contributed by atoms with van der Waals surface area (Å²) in [6.45, 7) is 8.88. The lowest BCUT2D eigenvalue weighted by atomic mass is 9.81. The van der Waals surface area contributed by atoms with Gasteiger partial charge < -0.3 is 5.32 Å². The molecule has 0 aliphatic heterocycles. The summed E-state index contributed by atoms with van der Waals surface area (Å²) in [6.07, 6.45) is 0. The van der Waals surface area contributed by atoms with Gasteiger partial charge >= 0.3 is 0 Å². The predicted octanol–water partition coefficient (Wildman–Crippen LogP) is 4.00. The van der Waals surface area contributed by atoms with Crippen molar-refractivity contribution in [3.05, 3.63) is 34.1 Å². The molecule has 0 aromatic heterocycles. The molecule has 0 saturated carbocycles. The smallest absolute Gasteiger partial charge is 0.255 e. The van der Waals surface area contributed by atoms with Crippen LogP contribution in [0.15, 0.2) is 22.7 Å². The Morgan fingerprint density at radius 2 is 2.06 bits per heavy atom. The van der Waals surface area contributed by atoms with Crippen LogP contribution in [-0.4, -0.2) is 12.5 Å². The van der Waals surface area contributed by atoms with Crippen LogP contribution in [0.1, 0.15) is 38.1 Å². The summed E-state index contributed by atoms with van der Waals surface area (Å²) in [7, 11) is 0. The van der Waals surface area contributed by atoms with Gasteiger partial charge in [0.05, 0.1) is 5.56 Å². The Bertz CT molecular complexity index is 423. The molecule has 4 heteroatoms. The van der Waals surface area contributed by atoms with Crippen LogP contribution < -0.4 is 5.32 Å². The van der Waals surface area contributed by atoms with E-state index >= 15 is 0 Å². The zero-order chi connectivity index (χ0) is 13.9. The lowest BCUT2D eigenvalue weighted by Gasteiger charge is -2.29. The highest BCUT2D eigenvalue weighted by atomic mass is 79.9. The topological polar surface area (TPSA) is 29.1 Å². The molecule has 1 rings (SSSR count). The maximum absolute atomic E-state index is 13.6. The van der Waals surface area contributed by atoms with Gasteiger partial charge in [0, 0.05) is 11.0 Å². The molecule has 0 atom stereocenters. The van der Waals surface area contributed by atoms with Gasteiger partial charge in [-0.1, -0.05) is 33.8 Å². The van der Waals surface area contributed by atoms with Crippen molar-refractivity contribution in [3.8, 4) is 0 Å². The number of hydrogen-bond donors (Lipinski definition) is 1. The fraction of sp³-hybridized carbons (Fsp3) is 0.500. The standard InChI is InChI=1S/C14H19BrFNO/c1-9(2)14(3,4)8-17-13(18)12-10(15)6-5-7-11(12)16/h5-7,9H,8H2,1-4H3,(H,17,18). The van der Waals surface area contributed by atoms with Crippen molar-refractivity contribution in [3.63, 3.8) is 0 Å². The van der Waals surface area contributed by atoms with Gasteiger partial charge in [0.15, 0.2) is 0 Å². The van der Waals surface area contributed by atoms with Crippen LogP contribution in [0.5, 0.6) is 0 Å². The highest BCUT2D eigenvalue weighted by Gasteiger charge is 2.24. The maximum Gasteiger partial charge on any atom is 0.255 e. The third-order valence-electron chi connectivity index (χ3n) is 3.46. The average molecular weight is 316 g/mol. The number of nitrogens with one attached hydrogen (secondary N) is 1. The van der Waals surface area contributed by atoms with Crippen LogP contribution >= 0.6 is 15.9 Å². The van der Waals surface area contributed by atoms with E-state index in [4.69, 9.17) is 0 Å².